The maximum Gasteiger partial charge on any atom is 0.227 e. The number of aromatic nitrogens is 2. The van der Waals surface area contributed by atoms with Crippen LogP contribution in [0, 0.1) is 6.92 Å². The molecule has 0 aliphatic heterocycles. The van der Waals surface area contributed by atoms with Crippen LogP contribution in [0.2, 0.25) is 0 Å². The molecule has 6 nitrogen and oxygen atoms in total. The van der Waals surface area contributed by atoms with E-state index in [1.807, 2.05) is 50.2 Å². The number of benzene rings is 1. The Morgan fingerprint density at radius 3 is 2.82 bits per heavy atom. The van der Waals surface area contributed by atoms with Crippen LogP contribution < -0.4 is 5.32 Å². The summed E-state index contributed by atoms with van der Waals surface area (Å²) < 4.78 is 5.22. The molecule has 6 heteroatoms. The number of hydrogen-bond donors (Lipinski definition) is 1. The molecule has 0 aliphatic carbocycles. The average molecular weight is 302 g/mol. The van der Waals surface area contributed by atoms with Crippen molar-refractivity contribution in [3.05, 3.63) is 35.7 Å². The van der Waals surface area contributed by atoms with Crippen molar-refractivity contribution >= 4 is 5.91 Å². The first kappa shape index (κ1) is 16.2. The molecule has 0 saturated carbocycles. The van der Waals surface area contributed by atoms with Gasteiger partial charge in [0.25, 0.3) is 0 Å². The number of carbonyl (C=O) groups excluding carboxylic acids is 1. The Hall–Kier alpha value is -2.21. The summed E-state index contributed by atoms with van der Waals surface area (Å²) in [5.41, 5.74) is 2.05. The molecule has 1 heterocycles. The van der Waals surface area contributed by atoms with Crippen LogP contribution in [0.25, 0.3) is 11.4 Å². The van der Waals surface area contributed by atoms with Crippen molar-refractivity contribution in [2.75, 3.05) is 27.2 Å². The van der Waals surface area contributed by atoms with Crippen LogP contribution in [0.4, 0.5) is 0 Å². The molecule has 1 aromatic heterocycles. The normalized spacial score (nSPS) is 10.9. The summed E-state index contributed by atoms with van der Waals surface area (Å²) in [6, 6.07) is 7.87. The molecule has 0 unspecified atom stereocenters. The number of aryl methyl sites for hydroxylation is 2. The monoisotopic (exact) mass is 302 g/mol. The summed E-state index contributed by atoms with van der Waals surface area (Å²) in [6.45, 7) is 3.47. The van der Waals surface area contributed by atoms with Gasteiger partial charge in [-0.1, -0.05) is 29.4 Å². The number of likely N-dealkylation sites (N-methyl/N-ethyl adjacent to an activating group) is 1. The van der Waals surface area contributed by atoms with Crippen molar-refractivity contribution in [1.29, 1.82) is 0 Å². The molecule has 1 N–H and O–H groups in total. The molecule has 0 atom stereocenters. The first-order chi connectivity index (χ1) is 10.6. The number of nitrogens with zero attached hydrogens (tertiary/aromatic N) is 3. The van der Waals surface area contributed by atoms with E-state index in [0.717, 1.165) is 17.7 Å². The highest BCUT2D eigenvalue weighted by molar-refractivity contribution is 5.76. The molecule has 0 bridgehead atoms. The van der Waals surface area contributed by atoms with E-state index < -0.39 is 0 Å². The van der Waals surface area contributed by atoms with Gasteiger partial charge >= 0.3 is 0 Å². The highest BCUT2D eigenvalue weighted by Crippen LogP contribution is 2.19. The van der Waals surface area contributed by atoms with Gasteiger partial charge in [-0.25, -0.2) is 0 Å². The molecule has 0 radical (unpaired) electrons. The largest absolute Gasteiger partial charge is 0.355 e. The predicted molar refractivity (Wildman–Crippen MR) is 84.4 cm³/mol. The first-order valence-electron chi connectivity index (χ1n) is 7.36. The third-order valence-electron chi connectivity index (χ3n) is 3.30. The van der Waals surface area contributed by atoms with Crippen LogP contribution in [0.1, 0.15) is 17.9 Å². The molecule has 1 amide bonds. The van der Waals surface area contributed by atoms with Crippen molar-refractivity contribution in [3.8, 4) is 11.4 Å². The van der Waals surface area contributed by atoms with Crippen molar-refractivity contribution in [2.24, 2.45) is 0 Å². The number of carbonyl (C=O) groups is 1. The van der Waals surface area contributed by atoms with Gasteiger partial charge in [0, 0.05) is 31.5 Å². The Kier molecular flexibility index (Phi) is 5.66. The minimum Gasteiger partial charge on any atom is -0.355 e. The van der Waals surface area contributed by atoms with Gasteiger partial charge in [-0.3, -0.25) is 4.79 Å². The average Bonchev–Trinajstić information content (AvgIpc) is 2.94. The number of amides is 1. The Bertz CT molecular complexity index is 622. The van der Waals surface area contributed by atoms with Crippen LogP contribution in [0.5, 0.6) is 0 Å². The van der Waals surface area contributed by atoms with Gasteiger partial charge in [-0.2, -0.15) is 4.98 Å². The highest BCUT2D eigenvalue weighted by Gasteiger charge is 2.11. The summed E-state index contributed by atoms with van der Waals surface area (Å²) in [4.78, 5) is 18.1. The van der Waals surface area contributed by atoms with Crippen molar-refractivity contribution in [1.82, 2.24) is 20.4 Å². The van der Waals surface area contributed by atoms with Crippen LogP contribution in [0.3, 0.4) is 0 Å². The summed E-state index contributed by atoms with van der Waals surface area (Å²) in [7, 11) is 3.94. The fraction of sp³-hybridized carbons (Fsp3) is 0.438. The molecular formula is C16H22N4O2. The van der Waals surface area contributed by atoms with Crippen molar-refractivity contribution in [3.63, 3.8) is 0 Å². The van der Waals surface area contributed by atoms with Crippen LogP contribution >= 0.6 is 0 Å². The van der Waals surface area contributed by atoms with Gasteiger partial charge in [0.05, 0.1) is 0 Å². The lowest BCUT2D eigenvalue weighted by Gasteiger charge is -2.09. The molecule has 0 aliphatic rings. The quantitative estimate of drug-likeness (QED) is 0.842. The molecule has 2 rings (SSSR count). The van der Waals surface area contributed by atoms with E-state index in [0.29, 0.717) is 31.1 Å². The third kappa shape index (κ3) is 4.66. The van der Waals surface area contributed by atoms with Gasteiger partial charge in [0.1, 0.15) is 0 Å². The number of nitrogens with one attached hydrogen (secondary N) is 1. The van der Waals surface area contributed by atoms with Gasteiger partial charge in [-0.05, 0) is 26.6 Å². The molecule has 0 spiro atoms. The van der Waals surface area contributed by atoms with Gasteiger partial charge in [0.15, 0.2) is 0 Å². The predicted octanol–water partition coefficient (Wildman–Crippen LogP) is 1.66. The van der Waals surface area contributed by atoms with Gasteiger partial charge < -0.3 is 14.7 Å². The fourth-order valence-corrected chi connectivity index (χ4v) is 2.02. The zero-order chi connectivity index (χ0) is 15.9. The van der Waals surface area contributed by atoms with E-state index in [2.05, 4.69) is 15.5 Å². The maximum atomic E-state index is 11.7. The molecule has 2 aromatic rings. The Balaban J connectivity index is 1.85. The second-order valence-corrected chi connectivity index (χ2v) is 5.48. The lowest BCUT2D eigenvalue weighted by atomic mass is 10.1. The SMILES string of the molecule is Cc1ccccc1-c1noc(CCC(=O)NCCN(C)C)n1. The summed E-state index contributed by atoms with van der Waals surface area (Å²) in [6.07, 6.45) is 0.801. The van der Waals surface area contributed by atoms with Gasteiger partial charge in [-0.15, -0.1) is 0 Å². The number of rotatable bonds is 7. The Labute approximate surface area is 130 Å². The van der Waals surface area contributed by atoms with Crippen molar-refractivity contribution < 1.29 is 9.32 Å². The summed E-state index contributed by atoms with van der Waals surface area (Å²) in [5, 5.41) is 6.85. The lowest BCUT2D eigenvalue weighted by Crippen LogP contribution is -2.31. The van der Waals surface area contributed by atoms with Crippen LogP contribution in [0.15, 0.2) is 28.8 Å². The molecule has 22 heavy (non-hydrogen) atoms. The zero-order valence-corrected chi connectivity index (χ0v) is 13.3. The van der Waals surface area contributed by atoms with E-state index in [-0.39, 0.29) is 5.91 Å². The smallest absolute Gasteiger partial charge is 0.227 e. The van der Waals surface area contributed by atoms with E-state index in [4.69, 9.17) is 4.52 Å². The number of hydrogen-bond acceptors (Lipinski definition) is 5. The van der Waals surface area contributed by atoms with E-state index in [9.17, 15) is 4.79 Å². The highest BCUT2D eigenvalue weighted by atomic mass is 16.5. The zero-order valence-electron chi connectivity index (χ0n) is 13.3. The molecular weight excluding hydrogens is 280 g/mol. The lowest BCUT2D eigenvalue weighted by molar-refractivity contribution is -0.121. The summed E-state index contributed by atoms with van der Waals surface area (Å²) >= 11 is 0. The minimum atomic E-state index is -0.00232. The van der Waals surface area contributed by atoms with Gasteiger partial charge in [0.2, 0.25) is 17.6 Å². The Morgan fingerprint density at radius 1 is 1.32 bits per heavy atom. The second-order valence-electron chi connectivity index (χ2n) is 5.48. The third-order valence-corrected chi connectivity index (χ3v) is 3.30. The Morgan fingerprint density at radius 2 is 2.09 bits per heavy atom. The topological polar surface area (TPSA) is 71.3 Å². The molecule has 1 aromatic carbocycles. The van der Waals surface area contributed by atoms with Crippen molar-refractivity contribution in [2.45, 2.75) is 19.8 Å². The van der Waals surface area contributed by atoms with Crippen LogP contribution in [-0.4, -0.2) is 48.1 Å². The minimum absolute atomic E-state index is 0.00232. The van der Waals surface area contributed by atoms with E-state index in [1.165, 1.54) is 0 Å². The standard InChI is InChI=1S/C16H22N4O2/c1-12-6-4-5-7-13(12)16-18-15(22-19-16)9-8-14(21)17-10-11-20(2)3/h4-7H,8-11H2,1-3H3,(H,17,21). The maximum absolute atomic E-state index is 11.7. The first-order valence-corrected chi connectivity index (χ1v) is 7.36. The van der Waals surface area contributed by atoms with Crippen LogP contribution in [-0.2, 0) is 11.2 Å². The molecule has 118 valence electrons. The second kappa shape index (κ2) is 7.70. The fourth-order valence-electron chi connectivity index (χ4n) is 2.02. The summed E-state index contributed by atoms with van der Waals surface area (Å²) in [5.74, 6) is 1.06. The molecule has 0 fully saturated rings. The van der Waals surface area contributed by atoms with E-state index >= 15 is 0 Å². The van der Waals surface area contributed by atoms with E-state index in [1.54, 1.807) is 0 Å². The molecule has 0 saturated heterocycles.